The van der Waals surface area contributed by atoms with E-state index in [4.69, 9.17) is 11.6 Å². The minimum absolute atomic E-state index is 0.481. The molecule has 3 aromatic rings. The summed E-state index contributed by atoms with van der Waals surface area (Å²) < 4.78 is 0. The lowest BCUT2D eigenvalue weighted by molar-refractivity contribution is 0.968. The van der Waals surface area contributed by atoms with Gasteiger partial charge in [0.25, 0.3) is 0 Å². The van der Waals surface area contributed by atoms with E-state index in [1.54, 1.807) is 12.3 Å². The summed E-state index contributed by atoms with van der Waals surface area (Å²) >= 11 is 5.89. The summed E-state index contributed by atoms with van der Waals surface area (Å²) in [7, 11) is 0. The highest BCUT2D eigenvalue weighted by Gasteiger charge is 2.02. The summed E-state index contributed by atoms with van der Waals surface area (Å²) in [6.07, 6.45) is 2.37. The normalized spacial score (nSPS) is 10.4. The van der Waals surface area contributed by atoms with Crippen LogP contribution in [-0.4, -0.2) is 9.97 Å². The maximum Gasteiger partial charge on any atom is 0.134 e. The van der Waals surface area contributed by atoms with Gasteiger partial charge in [0.05, 0.1) is 0 Å². The predicted molar refractivity (Wildman–Crippen MR) is 81.7 cm³/mol. The second-order valence-electron chi connectivity index (χ2n) is 4.54. The minimum Gasteiger partial charge on any atom is -0.241 e. The van der Waals surface area contributed by atoms with E-state index in [1.807, 2.05) is 18.2 Å². The first kappa shape index (κ1) is 12.8. The van der Waals surface area contributed by atoms with Crippen molar-refractivity contribution >= 4 is 11.6 Å². The van der Waals surface area contributed by atoms with Crippen LogP contribution in [0.1, 0.15) is 11.4 Å². The largest absolute Gasteiger partial charge is 0.241 e. The number of nitrogens with zero attached hydrogens (tertiary/aromatic N) is 2. The molecule has 0 aliphatic carbocycles. The van der Waals surface area contributed by atoms with Crippen LogP contribution in [-0.2, 0) is 6.42 Å². The molecule has 3 rings (SSSR count). The van der Waals surface area contributed by atoms with Crippen molar-refractivity contribution in [2.75, 3.05) is 0 Å². The van der Waals surface area contributed by atoms with Crippen LogP contribution in [0, 0.1) is 0 Å². The van der Waals surface area contributed by atoms with Gasteiger partial charge in [0.2, 0.25) is 0 Å². The third-order valence-corrected chi connectivity index (χ3v) is 3.28. The molecule has 2 nitrogen and oxygen atoms in total. The highest BCUT2D eigenvalue weighted by molar-refractivity contribution is 6.29. The fraction of sp³-hybridized carbons (Fsp3) is 0.0588. The molecule has 0 aliphatic heterocycles. The van der Waals surface area contributed by atoms with Gasteiger partial charge in [0.1, 0.15) is 11.0 Å². The summed E-state index contributed by atoms with van der Waals surface area (Å²) in [5.41, 5.74) is 3.58. The summed E-state index contributed by atoms with van der Waals surface area (Å²) in [6.45, 7) is 0. The molecule has 0 amide bonds. The van der Waals surface area contributed by atoms with Crippen LogP contribution < -0.4 is 0 Å². The molecular weight excluding hydrogens is 268 g/mol. The molecule has 0 saturated heterocycles. The van der Waals surface area contributed by atoms with Crippen molar-refractivity contribution in [3.63, 3.8) is 0 Å². The maximum absolute atomic E-state index is 5.89. The smallest absolute Gasteiger partial charge is 0.134 e. The van der Waals surface area contributed by atoms with Crippen LogP contribution in [0.5, 0.6) is 0 Å². The first-order valence-corrected chi connectivity index (χ1v) is 6.81. The summed E-state index contributed by atoms with van der Waals surface area (Å²) in [5, 5.41) is 0.481. The Morgan fingerprint density at radius 2 is 1.65 bits per heavy atom. The Labute approximate surface area is 123 Å². The lowest BCUT2D eigenvalue weighted by atomic mass is 10.0. The zero-order chi connectivity index (χ0) is 13.8. The molecule has 0 fully saturated rings. The Bertz CT molecular complexity index is 711. The van der Waals surface area contributed by atoms with Gasteiger partial charge in [-0.05, 0) is 22.8 Å². The number of halogens is 1. The average Bonchev–Trinajstić information content (AvgIpc) is 2.48. The van der Waals surface area contributed by atoms with Gasteiger partial charge in [-0.3, -0.25) is 0 Å². The molecule has 1 heterocycles. The van der Waals surface area contributed by atoms with Crippen LogP contribution in [0.3, 0.4) is 0 Å². The van der Waals surface area contributed by atoms with Crippen molar-refractivity contribution in [1.82, 2.24) is 9.97 Å². The molecule has 3 heteroatoms. The second kappa shape index (κ2) is 5.85. The van der Waals surface area contributed by atoms with E-state index in [2.05, 4.69) is 46.4 Å². The number of hydrogen-bond donors (Lipinski definition) is 0. The molecule has 0 saturated carbocycles. The number of hydrogen-bond acceptors (Lipinski definition) is 2. The van der Waals surface area contributed by atoms with Crippen LogP contribution in [0.25, 0.3) is 11.1 Å². The van der Waals surface area contributed by atoms with Crippen molar-refractivity contribution in [2.24, 2.45) is 0 Å². The Morgan fingerprint density at radius 1 is 0.850 bits per heavy atom. The van der Waals surface area contributed by atoms with Gasteiger partial charge in [0, 0.05) is 12.6 Å². The van der Waals surface area contributed by atoms with Crippen LogP contribution in [0.15, 0.2) is 66.9 Å². The third kappa shape index (κ3) is 3.03. The highest BCUT2D eigenvalue weighted by Crippen LogP contribution is 2.21. The van der Waals surface area contributed by atoms with E-state index in [0.717, 1.165) is 5.82 Å². The summed E-state index contributed by atoms with van der Waals surface area (Å²) in [5.74, 6) is 0.739. The first-order valence-electron chi connectivity index (χ1n) is 6.43. The van der Waals surface area contributed by atoms with Gasteiger partial charge >= 0.3 is 0 Å². The lowest BCUT2D eigenvalue weighted by Crippen LogP contribution is -1.96. The van der Waals surface area contributed by atoms with Crippen molar-refractivity contribution in [2.45, 2.75) is 6.42 Å². The molecule has 0 radical (unpaired) electrons. The standard InChI is InChI=1S/C17H13ClN2/c18-16-9-10-19-17(20-16)12-13-5-4-8-15(11-13)14-6-2-1-3-7-14/h1-11H,12H2. The van der Waals surface area contributed by atoms with Gasteiger partial charge in [-0.15, -0.1) is 0 Å². The van der Waals surface area contributed by atoms with Crippen LogP contribution in [0.4, 0.5) is 0 Å². The zero-order valence-corrected chi connectivity index (χ0v) is 11.6. The Morgan fingerprint density at radius 3 is 2.45 bits per heavy atom. The van der Waals surface area contributed by atoms with E-state index in [9.17, 15) is 0 Å². The van der Waals surface area contributed by atoms with Crippen LogP contribution in [0.2, 0.25) is 5.15 Å². The third-order valence-electron chi connectivity index (χ3n) is 3.07. The topological polar surface area (TPSA) is 25.8 Å². The first-order chi connectivity index (χ1) is 9.81. The van der Waals surface area contributed by atoms with E-state index >= 15 is 0 Å². The van der Waals surface area contributed by atoms with Gasteiger partial charge < -0.3 is 0 Å². The zero-order valence-electron chi connectivity index (χ0n) is 10.8. The van der Waals surface area contributed by atoms with Gasteiger partial charge in [0.15, 0.2) is 0 Å². The SMILES string of the molecule is Clc1ccnc(Cc2cccc(-c3ccccc3)c2)n1. The molecule has 2 aromatic carbocycles. The molecule has 0 aliphatic rings. The average molecular weight is 281 g/mol. The predicted octanol–water partition coefficient (Wildman–Crippen LogP) is 4.39. The van der Waals surface area contributed by atoms with Gasteiger partial charge in [-0.1, -0.05) is 66.2 Å². The molecule has 1 aromatic heterocycles. The Balaban J connectivity index is 1.88. The fourth-order valence-corrected chi connectivity index (χ4v) is 2.29. The maximum atomic E-state index is 5.89. The number of rotatable bonds is 3. The molecule has 0 spiro atoms. The fourth-order valence-electron chi connectivity index (χ4n) is 2.13. The van der Waals surface area contributed by atoms with E-state index < -0.39 is 0 Å². The monoisotopic (exact) mass is 280 g/mol. The molecule has 0 atom stereocenters. The Kier molecular flexibility index (Phi) is 3.75. The number of aromatic nitrogens is 2. The van der Waals surface area contributed by atoms with E-state index in [0.29, 0.717) is 11.6 Å². The molecule has 98 valence electrons. The quantitative estimate of drug-likeness (QED) is 0.665. The molecule has 20 heavy (non-hydrogen) atoms. The van der Waals surface area contributed by atoms with Gasteiger partial charge in [-0.2, -0.15) is 0 Å². The summed E-state index contributed by atoms with van der Waals surface area (Å²) in [4.78, 5) is 8.47. The summed E-state index contributed by atoms with van der Waals surface area (Å²) in [6, 6.07) is 20.4. The van der Waals surface area contributed by atoms with Gasteiger partial charge in [-0.25, -0.2) is 9.97 Å². The number of benzene rings is 2. The molecule has 0 unspecified atom stereocenters. The molecular formula is C17H13ClN2. The minimum atomic E-state index is 0.481. The highest BCUT2D eigenvalue weighted by atomic mass is 35.5. The second-order valence-corrected chi connectivity index (χ2v) is 4.93. The van der Waals surface area contributed by atoms with E-state index in [-0.39, 0.29) is 0 Å². The van der Waals surface area contributed by atoms with E-state index in [1.165, 1.54) is 16.7 Å². The van der Waals surface area contributed by atoms with Crippen molar-refractivity contribution in [3.05, 3.63) is 83.4 Å². The lowest BCUT2D eigenvalue weighted by Gasteiger charge is -2.05. The van der Waals surface area contributed by atoms with Crippen molar-refractivity contribution < 1.29 is 0 Å². The van der Waals surface area contributed by atoms with Crippen molar-refractivity contribution in [1.29, 1.82) is 0 Å². The van der Waals surface area contributed by atoms with Crippen molar-refractivity contribution in [3.8, 4) is 11.1 Å². The molecule has 0 bridgehead atoms. The van der Waals surface area contributed by atoms with Crippen LogP contribution >= 0.6 is 11.6 Å². The Hall–Kier alpha value is -2.19. The molecule has 0 N–H and O–H groups in total.